The fraction of sp³-hybridized carbons (Fsp3) is 0.750. The Morgan fingerprint density at radius 3 is 2.33 bits per heavy atom. The lowest BCUT2D eigenvalue weighted by molar-refractivity contribution is 0.639. The Hall–Kier alpha value is 0.0300. The maximum absolute atomic E-state index is 5.77. The third-order valence-corrected chi connectivity index (χ3v) is 1.40. The first kappa shape index (κ1) is 9.03. The molecule has 9 heavy (non-hydrogen) atoms. The van der Waals surface area contributed by atoms with Gasteiger partial charge in [-0.2, -0.15) is 0 Å². The van der Waals surface area contributed by atoms with Gasteiger partial charge in [0.05, 0.1) is 0 Å². The van der Waals surface area contributed by atoms with Gasteiger partial charge in [0.15, 0.2) is 0 Å². The summed E-state index contributed by atoms with van der Waals surface area (Å²) in [7, 11) is 0. The van der Waals surface area contributed by atoms with E-state index in [0.717, 1.165) is 6.42 Å². The second-order valence-corrected chi connectivity index (χ2v) is 3.26. The summed E-state index contributed by atoms with van der Waals surface area (Å²) in [6.45, 7) is 6.25. The van der Waals surface area contributed by atoms with Crippen molar-refractivity contribution in [3.8, 4) is 0 Å². The standard InChI is InChI=1S/C8H15Cl/c1-4-5-7(2)6-8(3)9/h4-5,7-8H,6H2,1-3H3/b5-4+. The van der Waals surface area contributed by atoms with Crippen LogP contribution in [0.3, 0.4) is 0 Å². The molecule has 0 radical (unpaired) electrons. The van der Waals surface area contributed by atoms with Gasteiger partial charge >= 0.3 is 0 Å². The van der Waals surface area contributed by atoms with Crippen molar-refractivity contribution in [2.45, 2.75) is 32.6 Å². The molecule has 0 aliphatic heterocycles. The van der Waals surface area contributed by atoms with E-state index in [0.29, 0.717) is 11.3 Å². The second kappa shape index (κ2) is 4.87. The van der Waals surface area contributed by atoms with Gasteiger partial charge in [-0.05, 0) is 26.2 Å². The highest BCUT2D eigenvalue weighted by molar-refractivity contribution is 6.20. The molecule has 0 fully saturated rings. The molecule has 0 saturated carbocycles. The Balaban J connectivity index is 3.38. The molecule has 0 nitrogen and oxygen atoms in total. The van der Waals surface area contributed by atoms with Crippen LogP contribution >= 0.6 is 11.6 Å². The van der Waals surface area contributed by atoms with Crippen molar-refractivity contribution >= 4 is 11.6 Å². The lowest BCUT2D eigenvalue weighted by atomic mass is 10.1. The van der Waals surface area contributed by atoms with E-state index in [1.807, 2.05) is 13.8 Å². The molecular weight excluding hydrogens is 132 g/mol. The molecule has 0 aliphatic carbocycles. The number of rotatable bonds is 3. The molecule has 0 aromatic carbocycles. The molecule has 0 bridgehead atoms. The van der Waals surface area contributed by atoms with Gasteiger partial charge in [-0.1, -0.05) is 19.1 Å². The fourth-order valence-electron chi connectivity index (χ4n) is 0.919. The van der Waals surface area contributed by atoms with Gasteiger partial charge in [-0.25, -0.2) is 0 Å². The average molecular weight is 147 g/mol. The first-order valence-corrected chi connectivity index (χ1v) is 3.87. The van der Waals surface area contributed by atoms with E-state index in [2.05, 4.69) is 19.1 Å². The molecule has 2 atom stereocenters. The molecule has 0 amide bonds. The van der Waals surface area contributed by atoms with Crippen LogP contribution in [0.15, 0.2) is 12.2 Å². The molecule has 0 heterocycles. The van der Waals surface area contributed by atoms with Crippen LogP contribution in [0.2, 0.25) is 0 Å². The molecule has 2 unspecified atom stereocenters. The Kier molecular flexibility index (Phi) is 4.88. The van der Waals surface area contributed by atoms with E-state index >= 15 is 0 Å². The largest absolute Gasteiger partial charge is 0.123 e. The molecule has 0 aromatic heterocycles. The van der Waals surface area contributed by atoms with Gasteiger partial charge in [0.25, 0.3) is 0 Å². The van der Waals surface area contributed by atoms with Gasteiger partial charge < -0.3 is 0 Å². The highest BCUT2D eigenvalue weighted by atomic mass is 35.5. The maximum atomic E-state index is 5.77. The first-order valence-electron chi connectivity index (χ1n) is 3.43. The Morgan fingerprint density at radius 1 is 1.44 bits per heavy atom. The minimum absolute atomic E-state index is 0.302. The Labute approximate surface area is 62.9 Å². The number of hydrogen-bond acceptors (Lipinski definition) is 0. The van der Waals surface area contributed by atoms with Crippen LogP contribution in [0.1, 0.15) is 27.2 Å². The van der Waals surface area contributed by atoms with Crippen LogP contribution in [0, 0.1) is 5.92 Å². The number of halogens is 1. The van der Waals surface area contributed by atoms with Crippen LogP contribution in [0.25, 0.3) is 0 Å². The van der Waals surface area contributed by atoms with E-state index in [9.17, 15) is 0 Å². The zero-order chi connectivity index (χ0) is 7.28. The van der Waals surface area contributed by atoms with Crippen molar-refractivity contribution in [1.29, 1.82) is 0 Å². The van der Waals surface area contributed by atoms with Gasteiger partial charge in [0.2, 0.25) is 0 Å². The minimum atomic E-state index is 0.302. The minimum Gasteiger partial charge on any atom is -0.123 e. The third-order valence-electron chi connectivity index (χ3n) is 1.22. The summed E-state index contributed by atoms with van der Waals surface area (Å²) in [4.78, 5) is 0. The molecular formula is C8H15Cl. The highest BCUT2D eigenvalue weighted by Crippen LogP contribution is 2.11. The second-order valence-electron chi connectivity index (χ2n) is 2.52. The van der Waals surface area contributed by atoms with Gasteiger partial charge in [0, 0.05) is 5.38 Å². The van der Waals surface area contributed by atoms with E-state index in [-0.39, 0.29) is 0 Å². The first-order chi connectivity index (χ1) is 4.16. The highest BCUT2D eigenvalue weighted by Gasteiger charge is 2.00. The zero-order valence-corrected chi connectivity index (χ0v) is 7.15. The Bertz CT molecular complexity index is 84.6. The van der Waals surface area contributed by atoms with Crippen LogP contribution in [0.5, 0.6) is 0 Å². The zero-order valence-electron chi connectivity index (χ0n) is 6.39. The van der Waals surface area contributed by atoms with Gasteiger partial charge in [-0.3, -0.25) is 0 Å². The quantitative estimate of drug-likeness (QED) is 0.424. The van der Waals surface area contributed by atoms with E-state index in [4.69, 9.17) is 11.6 Å². The lowest BCUT2D eigenvalue weighted by Crippen LogP contribution is -1.98. The van der Waals surface area contributed by atoms with E-state index < -0.39 is 0 Å². The van der Waals surface area contributed by atoms with Crippen molar-refractivity contribution in [2.24, 2.45) is 5.92 Å². The van der Waals surface area contributed by atoms with E-state index in [1.54, 1.807) is 0 Å². The maximum Gasteiger partial charge on any atom is 0.0313 e. The Morgan fingerprint density at radius 2 is 2.00 bits per heavy atom. The summed E-state index contributed by atoms with van der Waals surface area (Å²) >= 11 is 5.77. The lowest BCUT2D eigenvalue weighted by Gasteiger charge is -2.05. The number of alkyl halides is 1. The van der Waals surface area contributed by atoms with Gasteiger partial charge in [-0.15, -0.1) is 11.6 Å². The third kappa shape index (κ3) is 5.91. The molecule has 0 aliphatic rings. The van der Waals surface area contributed by atoms with Crippen molar-refractivity contribution in [2.75, 3.05) is 0 Å². The summed E-state index contributed by atoms with van der Waals surface area (Å²) in [5.41, 5.74) is 0. The molecule has 54 valence electrons. The van der Waals surface area contributed by atoms with Gasteiger partial charge in [0.1, 0.15) is 0 Å². The van der Waals surface area contributed by atoms with E-state index in [1.165, 1.54) is 0 Å². The predicted octanol–water partition coefficient (Wildman–Crippen LogP) is 3.22. The van der Waals surface area contributed by atoms with Crippen molar-refractivity contribution < 1.29 is 0 Å². The molecule has 0 spiro atoms. The normalized spacial score (nSPS) is 18.2. The van der Waals surface area contributed by atoms with Crippen molar-refractivity contribution in [3.05, 3.63) is 12.2 Å². The predicted molar refractivity (Wildman–Crippen MR) is 43.9 cm³/mol. The fourth-order valence-corrected chi connectivity index (χ4v) is 1.20. The monoisotopic (exact) mass is 146 g/mol. The summed E-state index contributed by atoms with van der Waals surface area (Å²) in [5, 5.41) is 0.302. The average Bonchev–Trinajstić information content (AvgIpc) is 1.63. The SMILES string of the molecule is C/C=C/C(C)CC(C)Cl. The molecule has 0 N–H and O–H groups in total. The number of allylic oxidation sites excluding steroid dienone is 2. The van der Waals surface area contributed by atoms with Crippen LogP contribution < -0.4 is 0 Å². The molecule has 0 saturated heterocycles. The topological polar surface area (TPSA) is 0 Å². The molecule has 0 aromatic rings. The summed E-state index contributed by atoms with van der Waals surface area (Å²) in [5.74, 6) is 0.627. The van der Waals surface area contributed by atoms with Crippen LogP contribution in [-0.2, 0) is 0 Å². The summed E-state index contributed by atoms with van der Waals surface area (Å²) in [6, 6.07) is 0. The van der Waals surface area contributed by atoms with Crippen molar-refractivity contribution in [3.63, 3.8) is 0 Å². The van der Waals surface area contributed by atoms with Crippen molar-refractivity contribution in [1.82, 2.24) is 0 Å². The van der Waals surface area contributed by atoms with Crippen LogP contribution in [-0.4, -0.2) is 5.38 Å². The molecule has 0 rings (SSSR count). The molecule has 1 heteroatoms. The van der Waals surface area contributed by atoms with Crippen LogP contribution in [0.4, 0.5) is 0 Å². The summed E-state index contributed by atoms with van der Waals surface area (Å²) < 4.78 is 0. The smallest absolute Gasteiger partial charge is 0.0313 e. The number of hydrogen-bond donors (Lipinski definition) is 0. The summed E-state index contributed by atoms with van der Waals surface area (Å²) in [6.07, 6.45) is 5.33.